The van der Waals surface area contributed by atoms with Crippen LogP contribution in [-0.2, 0) is 17.8 Å². The van der Waals surface area contributed by atoms with Crippen LogP contribution in [0, 0.1) is 18.3 Å². The van der Waals surface area contributed by atoms with Crippen LogP contribution in [0.4, 0.5) is 17.2 Å². The number of unbranched alkanes of at least 4 members (excludes halogenated alkanes) is 2. The van der Waals surface area contributed by atoms with Gasteiger partial charge in [-0.1, -0.05) is 52.2 Å². The molecule has 1 amide bonds. The lowest BCUT2D eigenvalue weighted by molar-refractivity contribution is -0.126. The molecule has 1 saturated heterocycles. The standard InChI is InChI=1S/C31H45N7O2/c1-5-8-9-10-23(6-2)21-40-31-34-27-20-38(29-22(4)11-12-26(33)25(29)19-32)14-13-24(27)30(35-31)37-17-15-36(16-18-37)28(39)7-3/h7,11-12,19,23,32H,3,5-6,8-10,13-18,20-21,33H2,1-2,4H3. The van der Waals surface area contributed by atoms with Crippen molar-refractivity contribution in [1.29, 1.82) is 5.41 Å². The van der Waals surface area contributed by atoms with E-state index in [1.807, 2.05) is 17.0 Å². The third-order valence-corrected chi connectivity index (χ3v) is 8.24. The van der Waals surface area contributed by atoms with Crippen molar-refractivity contribution in [3.05, 3.63) is 47.2 Å². The molecule has 1 unspecified atom stereocenters. The SMILES string of the molecule is C=CC(=O)N1CCN(c2nc(OCC(CC)CCCCC)nc3c2CCN(c2c(C)ccc(N)c2C=N)C3)CC1. The first-order valence-electron chi connectivity index (χ1n) is 14.7. The van der Waals surface area contributed by atoms with Gasteiger partial charge in [-0.3, -0.25) is 4.79 Å². The van der Waals surface area contributed by atoms with Gasteiger partial charge in [-0.15, -0.1) is 0 Å². The first kappa shape index (κ1) is 29.4. The van der Waals surface area contributed by atoms with Gasteiger partial charge in [-0.05, 0) is 43.4 Å². The maximum Gasteiger partial charge on any atom is 0.318 e. The summed E-state index contributed by atoms with van der Waals surface area (Å²) in [5, 5.41) is 8.00. The molecule has 2 aliphatic rings. The van der Waals surface area contributed by atoms with Crippen LogP contribution in [-0.4, -0.2) is 66.3 Å². The van der Waals surface area contributed by atoms with E-state index in [4.69, 9.17) is 25.8 Å². The average molecular weight is 548 g/mol. The second kappa shape index (κ2) is 13.6. The van der Waals surface area contributed by atoms with Crippen molar-refractivity contribution in [3.8, 4) is 6.01 Å². The minimum absolute atomic E-state index is 0.0304. The fraction of sp³-hybridized carbons (Fsp3) is 0.548. The molecule has 3 heterocycles. The van der Waals surface area contributed by atoms with Crippen LogP contribution >= 0.6 is 0 Å². The lowest BCUT2D eigenvalue weighted by Gasteiger charge is -2.38. The Morgan fingerprint density at radius 2 is 1.93 bits per heavy atom. The Bertz CT molecular complexity index is 1210. The third kappa shape index (κ3) is 6.57. The predicted molar refractivity (Wildman–Crippen MR) is 163 cm³/mol. The molecule has 0 radical (unpaired) electrons. The number of nitrogens with two attached hydrogens (primary N) is 1. The number of hydrogen-bond acceptors (Lipinski definition) is 8. The van der Waals surface area contributed by atoms with E-state index >= 15 is 0 Å². The van der Waals surface area contributed by atoms with Crippen LogP contribution in [0.5, 0.6) is 6.01 Å². The second-order valence-corrected chi connectivity index (χ2v) is 10.9. The molecule has 1 fully saturated rings. The highest BCUT2D eigenvalue weighted by molar-refractivity contribution is 5.94. The molecule has 1 aromatic heterocycles. The van der Waals surface area contributed by atoms with Crippen molar-refractivity contribution in [2.75, 3.05) is 54.9 Å². The largest absolute Gasteiger partial charge is 0.463 e. The summed E-state index contributed by atoms with van der Waals surface area (Å²) < 4.78 is 6.29. The van der Waals surface area contributed by atoms with Gasteiger partial charge in [0.2, 0.25) is 5.91 Å². The Kier molecular flexibility index (Phi) is 10.0. The van der Waals surface area contributed by atoms with Gasteiger partial charge >= 0.3 is 6.01 Å². The fourth-order valence-corrected chi connectivity index (χ4v) is 5.76. The van der Waals surface area contributed by atoms with E-state index in [9.17, 15) is 4.79 Å². The molecule has 40 heavy (non-hydrogen) atoms. The number of hydrogen-bond donors (Lipinski definition) is 2. The molecule has 216 valence electrons. The van der Waals surface area contributed by atoms with Gasteiger partial charge < -0.3 is 30.6 Å². The smallest absolute Gasteiger partial charge is 0.318 e. The van der Waals surface area contributed by atoms with Gasteiger partial charge in [0.1, 0.15) is 5.82 Å². The number of anilines is 3. The van der Waals surface area contributed by atoms with Gasteiger partial charge in [-0.25, -0.2) is 0 Å². The molecular weight excluding hydrogens is 502 g/mol. The second-order valence-electron chi connectivity index (χ2n) is 10.9. The number of nitrogen functional groups attached to an aromatic ring is 1. The first-order chi connectivity index (χ1) is 19.4. The topological polar surface area (TPSA) is 112 Å². The van der Waals surface area contributed by atoms with Crippen LogP contribution in [0.1, 0.15) is 68.3 Å². The Balaban J connectivity index is 1.63. The molecule has 4 rings (SSSR count). The van der Waals surface area contributed by atoms with Gasteiger partial charge in [0.05, 0.1) is 24.5 Å². The van der Waals surface area contributed by atoms with Gasteiger partial charge in [0, 0.05) is 55.8 Å². The number of piperazine rings is 1. The van der Waals surface area contributed by atoms with Crippen molar-refractivity contribution in [3.63, 3.8) is 0 Å². The number of rotatable bonds is 12. The monoisotopic (exact) mass is 547 g/mol. The summed E-state index contributed by atoms with van der Waals surface area (Å²) >= 11 is 0. The number of carbonyl (C=O) groups excluding carboxylic acids is 1. The molecular formula is C31H45N7O2. The Labute approximate surface area is 238 Å². The molecule has 9 heteroatoms. The van der Waals surface area contributed by atoms with Crippen molar-refractivity contribution in [2.24, 2.45) is 5.92 Å². The third-order valence-electron chi connectivity index (χ3n) is 8.24. The number of aryl methyl sites for hydroxylation is 1. The van der Waals surface area contributed by atoms with Crippen molar-refractivity contribution in [1.82, 2.24) is 14.9 Å². The van der Waals surface area contributed by atoms with Crippen molar-refractivity contribution < 1.29 is 9.53 Å². The number of nitrogens with zero attached hydrogens (tertiary/aromatic N) is 5. The molecule has 9 nitrogen and oxygen atoms in total. The van der Waals surface area contributed by atoms with E-state index in [0.29, 0.717) is 56.9 Å². The summed E-state index contributed by atoms with van der Waals surface area (Å²) in [7, 11) is 0. The van der Waals surface area contributed by atoms with Crippen molar-refractivity contribution >= 4 is 29.3 Å². The highest BCUT2D eigenvalue weighted by atomic mass is 16.5. The lowest BCUT2D eigenvalue weighted by atomic mass is 9.99. The number of carbonyl (C=O) groups is 1. The van der Waals surface area contributed by atoms with E-state index in [-0.39, 0.29) is 5.91 Å². The van der Waals surface area contributed by atoms with Gasteiger partial charge in [0.15, 0.2) is 0 Å². The van der Waals surface area contributed by atoms with Crippen LogP contribution in [0.2, 0.25) is 0 Å². The van der Waals surface area contributed by atoms with E-state index < -0.39 is 0 Å². The van der Waals surface area contributed by atoms with E-state index in [1.54, 1.807) is 0 Å². The van der Waals surface area contributed by atoms with Crippen LogP contribution in [0.3, 0.4) is 0 Å². The molecule has 2 aliphatic heterocycles. The minimum Gasteiger partial charge on any atom is -0.463 e. The zero-order chi connectivity index (χ0) is 28.6. The maximum atomic E-state index is 12.2. The summed E-state index contributed by atoms with van der Waals surface area (Å²) in [5.74, 6) is 1.36. The maximum absolute atomic E-state index is 12.2. The highest BCUT2D eigenvalue weighted by Gasteiger charge is 2.29. The number of amides is 1. The molecule has 0 bridgehead atoms. The predicted octanol–water partition coefficient (Wildman–Crippen LogP) is 4.75. The Morgan fingerprint density at radius 1 is 1.15 bits per heavy atom. The van der Waals surface area contributed by atoms with Crippen molar-refractivity contribution in [2.45, 2.75) is 65.8 Å². The average Bonchev–Trinajstić information content (AvgIpc) is 2.98. The van der Waals surface area contributed by atoms with Crippen LogP contribution in [0.15, 0.2) is 24.8 Å². The summed E-state index contributed by atoms with van der Waals surface area (Å²) in [6.07, 6.45) is 9.39. The molecule has 0 saturated carbocycles. The lowest BCUT2D eigenvalue weighted by Crippen LogP contribution is -2.49. The van der Waals surface area contributed by atoms with Gasteiger partial charge in [-0.2, -0.15) is 9.97 Å². The molecule has 3 N–H and O–H groups in total. The van der Waals surface area contributed by atoms with E-state index in [0.717, 1.165) is 59.7 Å². The summed E-state index contributed by atoms with van der Waals surface area (Å²) in [6, 6.07) is 4.30. The summed E-state index contributed by atoms with van der Waals surface area (Å²) in [4.78, 5) is 28.4. The normalized spacial score (nSPS) is 15.9. The Hall–Kier alpha value is -3.62. The molecule has 1 aromatic carbocycles. The number of ether oxygens (including phenoxy) is 1. The quantitative estimate of drug-likeness (QED) is 0.171. The molecule has 0 spiro atoms. The highest BCUT2D eigenvalue weighted by Crippen LogP contribution is 2.35. The number of benzene rings is 1. The first-order valence-corrected chi connectivity index (χ1v) is 14.7. The molecule has 2 aromatic rings. The molecule has 1 atom stereocenters. The minimum atomic E-state index is -0.0304. The summed E-state index contributed by atoms with van der Waals surface area (Å²) in [5.41, 5.74) is 11.8. The summed E-state index contributed by atoms with van der Waals surface area (Å²) in [6.45, 7) is 14.8. The van der Waals surface area contributed by atoms with E-state index in [2.05, 4.69) is 37.1 Å². The van der Waals surface area contributed by atoms with Crippen LogP contribution < -0.4 is 20.3 Å². The van der Waals surface area contributed by atoms with Gasteiger partial charge in [0.25, 0.3) is 0 Å². The fourth-order valence-electron chi connectivity index (χ4n) is 5.76. The number of aromatic nitrogens is 2. The zero-order valence-electron chi connectivity index (χ0n) is 24.4. The van der Waals surface area contributed by atoms with Crippen LogP contribution in [0.25, 0.3) is 0 Å². The number of nitrogens with one attached hydrogen (secondary N) is 1. The van der Waals surface area contributed by atoms with E-state index in [1.165, 1.54) is 31.6 Å². The Morgan fingerprint density at radius 3 is 2.60 bits per heavy atom. The number of fused-ring (bicyclic) bond motifs is 1. The molecule has 0 aliphatic carbocycles. The zero-order valence-corrected chi connectivity index (χ0v) is 24.4.